The van der Waals surface area contributed by atoms with E-state index in [4.69, 9.17) is 5.73 Å². The number of halogens is 1. The van der Waals surface area contributed by atoms with Crippen LogP contribution in [0.15, 0.2) is 53.6 Å². The summed E-state index contributed by atoms with van der Waals surface area (Å²) in [5.41, 5.74) is 6.66. The maximum Gasteiger partial charge on any atom is 0.278 e. The van der Waals surface area contributed by atoms with E-state index in [9.17, 15) is 19.2 Å². The number of carbonyl (C=O) groups is 2. The van der Waals surface area contributed by atoms with E-state index in [0.717, 1.165) is 29.0 Å². The van der Waals surface area contributed by atoms with Gasteiger partial charge in [-0.3, -0.25) is 14.3 Å². The van der Waals surface area contributed by atoms with Gasteiger partial charge >= 0.3 is 0 Å². The highest BCUT2D eigenvalue weighted by atomic mass is 32.2. The average molecular weight is 422 g/mol. The Morgan fingerprint density at radius 1 is 1.20 bits per heavy atom. The Morgan fingerprint density at radius 3 is 2.60 bits per heavy atom. The molecular formula is C20H15FN6O2S. The van der Waals surface area contributed by atoms with Gasteiger partial charge in [0, 0.05) is 23.1 Å². The lowest BCUT2D eigenvalue weighted by Gasteiger charge is -2.10. The van der Waals surface area contributed by atoms with Crippen LogP contribution in [0.3, 0.4) is 0 Å². The Kier molecular flexibility index (Phi) is 6.24. The first-order valence-electron chi connectivity index (χ1n) is 8.54. The fourth-order valence-electron chi connectivity index (χ4n) is 2.45. The quantitative estimate of drug-likeness (QED) is 0.538. The fourth-order valence-corrected chi connectivity index (χ4v) is 2.98. The highest BCUT2D eigenvalue weighted by Crippen LogP contribution is 2.24. The maximum absolute atomic E-state index is 13.6. The largest absolute Gasteiger partial charge is 0.382 e. The van der Waals surface area contributed by atoms with E-state index in [1.165, 1.54) is 19.2 Å². The first kappa shape index (κ1) is 20.8. The number of nitriles is 1. The highest BCUT2D eigenvalue weighted by molar-refractivity contribution is 7.98. The predicted octanol–water partition coefficient (Wildman–Crippen LogP) is 3.13. The average Bonchev–Trinajstić information content (AvgIpc) is 2.73. The second-order valence-electron chi connectivity index (χ2n) is 6.03. The summed E-state index contributed by atoms with van der Waals surface area (Å²) in [7, 11) is 0. The topological polar surface area (TPSA) is 134 Å². The first-order chi connectivity index (χ1) is 14.4. The zero-order valence-corrected chi connectivity index (χ0v) is 16.5. The van der Waals surface area contributed by atoms with Crippen LogP contribution in [0, 0.1) is 17.1 Å². The van der Waals surface area contributed by atoms with Crippen molar-refractivity contribution in [2.75, 3.05) is 11.1 Å². The third-order valence-electron chi connectivity index (χ3n) is 3.82. The zero-order valence-electron chi connectivity index (χ0n) is 15.6. The molecule has 0 saturated heterocycles. The van der Waals surface area contributed by atoms with Gasteiger partial charge in [0.25, 0.3) is 5.91 Å². The predicted molar refractivity (Wildman–Crippen MR) is 111 cm³/mol. The fraction of sp³-hybridized carbons (Fsp3) is 0.0500. The van der Waals surface area contributed by atoms with Crippen LogP contribution in [0.2, 0.25) is 0 Å². The molecule has 2 amide bonds. The van der Waals surface area contributed by atoms with Crippen molar-refractivity contribution >= 4 is 35.3 Å². The molecule has 10 heteroatoms. The number of carbonyl (C=O) groups excluding carboxylic acids is 2. The summed E-state index contributed by atoms with van der Waals surface area (Å²) in [6.45, 7) is 1.41. The van der Waals surface area contributed by atoms with Gasteiger partial charge in [0.05, 0.1) is 23.5 Å². The van der Waals surface area contributed by atoms with Crippen molar-refractivity contribution in [1.82, 2.24) is 14.7 Å². The minimum Gasteiger partial charge on any atom is -0.382 e. The van der Waals surface area contributed by atoms with E-state index in [0.29, 0.717) is 5.69 Å². The molecule has 0 aliphatic carbocycles. The molecule has 30 heavy (non-hydrogen) atoms. The van der Waals surface area contributed by atoms with Crippen LogP contribution < -0.4 is 15.8 Å². The van der Waals surface area contributed by atoms with Gasteiger partial charge in [-0.2, -0.15) is 5.26 Å². The summed E-state index contributed by atoms with van der Waals surface area (Å²) in [5.74, 6) is -1.45. The molecule has 1 heterocycles. The number of hydrogen-bond donors (Lipinski definition) is 3. The van der Waals surface area contributed by atoms with Gasteiger partial charge in [-0.05, 0) is 54.4 Å². The number of rotatable bonds is 5. The lowest BCUT2D eigenvalue weighted by molar-refractivity contribution is -0.117. The summed E-state index contributed by atoms with van der Waals surface area (Å²) in [6.07, 6.45) is 1.27. The lowest BCUT2D eigenvalue weighted by Crippen LogP contribution is -2.17. The summed E-state index contributed by atoms with van der Waals surface area (Å²) >= 11 is 1.15. The van der Waals surface area contributed by atoms with Crippen molar-refractivity contribution in [3.8, 4) is 17.3 Å². The van der Waals surface area contributed by atoms with Gasteiger partial charge in [-0.15, -0.1) is 0 Å². The molecule has 3 aromatic rings. The Hall–Kier alpha value is -3.97. The van der Waals surface area contributed by atoms with Gasteiger partial charge in [0.2, 0.25) is 5.91 Å². The van der Waals surface area contributed by atoms with Crippen LogP contribution in [0.4, 0.5) is 15.9 Å². The first-order valence-corrected chi connectivity index (χ1v) is 9.36. The SMILES string of the molecule is CC(=O)NSc1ccc(NC(=O)c2nc(-c3cc(F)ccc3C#N)cnc2N)cc1. The third-order valence-corrected chi connectivity index (χ3v) is 4.72. The molecule has 0 aliphatic heterocycles. The summed E-state index contributed by atoms with van der Waals surface area (Å²) in [6, 6.07) is 12.3. The Morgan fingerprint density at radius 2 is 1.93 bits per heavy atom. The molecule has 150 valence electrons. The molecule has 0 radical (unpaired) electrons. The zero-order chi connectivity index (χ0) is 21.7. The summed E-state index contributed by atoms with van der Waals surface area (Å²) in [5, 5.41) is 11.9. The molecule has 0 unspecified atom stereocenters. The number of nitrogen functional groups attached to an aromatic ring is 1. The maximum atomic E-state index is 13.6. The molecule has 0 spiro atoms. The van der Waals surface area contributed by atoms with Crippen molar-refractivity contribution in [3.63, 3.8) is 0 Å². The molecular weight excluding hydrogens is 407 g/mol. The standard InChI is InChI=1S/C20H15FN6O2S/c1-11(28)27-30-15-6-4-14(5-7-15)25-20(29)18-19(23)24-10-17(26-18)16-8-13(21)3-2-12(16)9-22/h2-8,10H,1H3,(H2,23,24)(H,25,29)(H,27,28). The monoisotopic (exact) mass is 422 g/mol. The normalized spacial score (nSPS) is 10.2. The van der Waals surface area contributed by atoms with Gasteiger partial charge in [0.15, 0.2) is 11.5 Å². The molecule has 0 bridgehead atoms. The van der Waals surface area contributed by atoms with Crippen LogP contribution in [0.25, 0.3) is 11.3 Å². The van der Waals surface area contributed by atoms with Crippen molar-refractivity contribution in [1.29, 1.82) is 5.26 Å². The Labute approximate surface area is 175 Å². The second kappa shape index (κ2) is 9.02. The second-order valence-corrected chi connectivity index (χ2v) is 6.91. The van der Waals surface area contributed by atoms with E-state index in [1.807, 2.05) is 6.07 Å². The van der Waals surface area contributed by atoms with Crippen LogP contribution >= 0.6 is 11.9 Å². The van der Waals surface area contributed by atoms with Gasteiger partial charge in [-0.1, -0.05) is 0 Å². The number of nitrogens with zero attached hydrogens (tertiary/aromatic N) is 3. The number of anilines is 2. The molecule has 0 aliphatic rings. The molecule has 2 aromatic carbocycles. The third kappa shape index (κ3) is 4.89. The van der Waals surface area contributed by atoms with E-state index >= 15 is 0 Å². The van der Waals surface area contributed by atoms with Crippen molar-refractivity contribution < 1.29 is 14.0 Å². The molecule has 8 nitrogen and oxygen atoms in total. The van der Waals surface area contributed by atoms with Crippen LogP contribution in [-0.2, 0) is 4.79 Å². The molecule has 0 saturated carbocycles. The van der Waals surface area contributed by atoms with E-state index < -0.39 is 11.7 Å². The minimum absolute atomic E-state index is 0.107. The number of benzene rings is 2. The molecule has 4 N–H and O–H groups in total. The van der Waals surface area contributed by atoms with Gasteiger partial charge in [0.1, 0.15) is 5.82 Å². The van der Waals surface area contributed by atoms with E-state index in [1.54, 1.807) is 24.3 Å². The number of aromatic nitrogens is 2. The van der Waals surface area contributed by atoms with Crippen LogP contribution in [0.1, 0.15) is 23.0 Å². The minimum atomic E-state index is -0.612. The van der Waals surface area contributed by atoms with Crippen LogP contribution in [0.5, 0.6) is 0 Å². The number of nitrogens with one attached hydrogen (secondary N) is 2. The van der Waals surface area contributed by atoms with E-state index in [2.05, 4.69) is 20.0 Å². The molecule has 0 fully saturated rings. The lowest BCUT2D eigenvalue weighted by atomic mass is 10.1. The Bertz CT molecular complexity index is 1160. The summed E-state index contributed by atoms with van der Waals surface area (Å²) in [4.78, 5) is 32.5. The van der Waals surface area contributed by atoms with E-state index in [-0.39, 0.29) is 34.2 Å². The van der Waals surface area contributed by atoms with Crippen molar-refractivity contribution in [3.05, 3.63) is 65.7 Å². The highest BCUT2D eigenvalue weighted by Gasteiger charge is 2.17. The number of amides is 2. The van der Waals surface area contributed by atoms with Gasteiger partial charge in [-0.25, -0.2) is 14.4 Å². The summed E-state index contributed by atoms with van der Waals surface area (Å²) < 4.78 is 16.2. The van der Waals surface area contributed by atoms with Crippen LogP contribution in [-0.4, -0.2) is 21.8 Å². The molecule has 3 rings (SSSR count). The van der Waals surface area contributed by atoms with Crippen molar-refractivity contribution in [2.45, 2.75) is 11.8 Å². The smallest absolute Gasteiger partial charge is 0.278 e. The molecule has 1 aromatic heterocycles. The van der Waals surface area contributed by atoms with Crippen molar-refractivity contribution in [2.24, 2.45) is 0 Å². The molecule has 0 atom stereocenters. The number of hydrogen-bond acceptors (Lipinski definition) is 7. The van der Waals surface area contributed by atoms with Gasteiger partial charge < -0.3 is 11.1 Å². The Balaban J connectivity index is 1.83. The number of nitrogens with two attached hydrogens (primary N) is 1.